The Hall–Kier alpha value is -1.55. The molecule has 1 heterocycles. The maximum Gasteiger partial charge on any atom is 0.337 e. The van der Waals surface area contributed by atoms with E-state index in [4.69, 9.17) is 9.47 Å². The zero-order valence-corrected chi connectivity index (χ0v) is 10.9. The Balaban J connectivity index is 2.27. The maximum absolute atomic E-state index is 11.5. The fourth-order valence-electron chi connectivity index (χ4n) is 2.23. The molecular formula is C14H19NO3. The summed E-state index contributed by atoms with van der Waals surface area (Å²) in [4.78, 5) is 13.8. The average molecular weight is 249 g/mol. The summed E-state index contributed by atoms with van der Waals surface area (Å²) in [5, 5.41) is 0. The molecule has 1 aromatic rings. The van der Waals surface area contributed by atoms with Crippen LogP contribution in [0.1, 0.15) is 22.8 Å². The highest BCUT2D eigenvalue weighted by molar-refractivity contribution is 5.90. The molecule has 4 heteroatoms. The van der Waals surface area contributed by atoms with Crippen LogP contribution in [0.2, 0.25) is 0 Å². The number of hydrogen-bond acceptors (Lipinski definition) is 4. The first-order valence-electron chi connectivity index (χ1n) is 6.30. The molecule has 1 fully saturated rings. The van der Waals surface area contributed by atoms with Crippen molar-refractivity contribution in [3.8, 4) is 0 Å². The number of aryl methyl sites for hydroxylation is 1. The number of ether oxygens (including phenoxy) is 2. The molecule has 1 aromatic carbocycles. The molecule has 0 atom stereocenters. The van der Waals surface area contributed by atoms with Gasteiger partial charge < -0.3 is 14.4 Å². The Morgan fingerprint density at radius 3 is 2.72 bits per heavy atom. The van der Waals surface area contributed by atoms with Crippen LogP contribution in [0.25, 0.3) is 0 Å². The van der Waals surface area contributed by atoms with Crippen LogP contribution in [-0.4, -0.2) is 39.4 Å². The molecule has 1 saturated heterocycles. The van der Waals surface area contributed by atoms with Crippen LogP contribution in [0, 0.1) is 0 Å². The third-order valence-corrected chi connectivity index (χ3v) is 3.23. The first-order chi connectivity index (χ1) is 8.76. The molecule has 0 unspecified atom stereocenters. The number of hydrogen-bond donors (Lipinski definition) is 0. The zero-order chi connectivity index (χ0) is 13.0. The van der Waals surface area contributed by atoms with Gasteiger partial charge in [0.25, 0.3) is 0 Å². The Morgan fingerprint density at radius 2 is 2.11 bits per heavy atom. The number of nitrogens with zero attached hydrogens (tertiary/aromatic N) is 1. The van der Waals surface area contributed by atoms with Crippen molar-refractivity contribution in [2.45, 2.75) is 13.3 Å². The molecule has 0 radical (unpaired) electrons. The first kappa shape index (κ1) is 12.9. The topological polar surface area (TPSA) is 38.8 Å². The van der Waals surface area contributed by atoms with Gasteiger partial charge in [0.1, 0.15) is 0 Å². The van der Waals surface area contributed by atoms with Gasteiger partial charge in [-0.2, -0.15) is 0 Å². The molecule has 4 nitrogen and oxygen atoms in total. The van der Waals surface area contributed by atoms with Crippen molar-refractivity contribution in [2.75, 3.05) is 38.3 Å². The van der Waals surface area contributed by atoms with Crippen molar-refractivity contribution >= 4 is 11.7 Å². The van der Waals surface area contributed by atoms with Crippen LogP contribution in [-0.2, 0) is 15.9 Å². The Kier molecular flexibility index (Phi) is 4.20. The van der Waals surface area contributed by atoms with Crippen molar-refractivity contribution in [2.24, 2.45) is 0 Å². The van der Waals surface area contributed by atoms with Crippen molar-refractivity contribution in [3.63, 3.8) is 0 Å². The van der Waals surface area contributed by atoms with E-state index in [0.717, 1.165) is 32.7 Å². The molecule has 0 N–H and O–H groups in total. The number of esters is 1. The van der Waals surface area contributed by atoms with Gasteiger partial charge in [-0.3, -0.25) is 0 Å². The van der Waals surface area contributed by atoms with E-state index in [9.17, 15) is 4.79 Å². The standard InChI is InChI=1S/C14H19NO3/c1-3-11-10-12(14(16)17-2)4-5-13(11)15-6-8-18-9-7-15/h4-5,10H,3,6-9H2,1-2H3. The van der Waals surface area contributed by atoms with Crippen LogP contribution >= 0.6 is 0 Å². The van der Waals surface area contributed by atoms with Crippen molar-refractivity contribution < 1.29 is 14.3 Å². The Bertz CT molecular complexity index is 425. The van der Waals surface area contributed by atoms with Gasteiger partial charge in [0.05, 0.1) is 25.9 Å². The summed E-state index contributed by atoms with van der Waals surface area (Å²) < 4.78 is 10.1. The molecule has 18 heavy (non-hydrogen) atoms. The summed E-state index contributed by atoms with van der Waals surface area (Å²) in [5.74, 6) is -0.279. The lowest BCUT2D eigenvalue weighted by atomic mass is 10.0. The van der Waals surface area contributed by atoms with E-state index in [1.54, 1.807) is 0 Å². The highest BCUT2D eigenvalue weighted by Gasteiger charge is 2.16. The monoisotopic (exact) mass is 249 g/mol. The van der Waals surface area contributed by atoms with Gasteiger partial charge in [-0.15, -0.1) is 0 Å². The highest BCUT2D eigenvalue weighted by atomic mass is 16.5. The Labute approximate surface area is 107 Å². The maximum atomic E-state index is 11.5. The molecule has 2 rings (SSSR count). The third-order valence-electron chi connectivity index (χ3n) is 3.23. The van der Waals surface area contributed by atoms with E-state index in [0.29, 0.717) is 5.56 Å². The zero-order valence-electron chi connectivity index (χ0n) is 10.9. The molecule has 1 aliphatic heterocycles. The lowest BCUT2D eigenvalue weighted by Gasteiger charge is -2.30. The summed E-state index contributed by atoms with van der Waals surface area (Å²) >= 11 is 0. The second-order valence-electron chi connectivity index (χ2n) is 4.29. The van der Waals surface area contributed by atoms with Gasteiger partial charge in [-0.05, 0) is 30.2 Å². The molecule has 0 bridgehead atoms. The summed E-state index contributed by atoms with van der Waals surface area (Å²) in [6.45, 7) is 5.44. The Morgan fingerprint density at radius 1 is 1.39 bits per heavy atom. The first-order valence-corrected chi connectivity index (χ1v) is 6.30. The van der Waals surface area contributed by atoms with E-state index in [2.05, 4.69) is 11.8 Å². The quantitative estimate of drug-likeness (QED) is 0.767. The van der Waals surface area contributed by atoms with Gasteiger partial charge in [-0.1, -0.05) is 6.92 Å². The lowest BCUT2D eigenvalue weighted by Crippen LogP contribution is -2.36. The second-order valence-corrected chi connectivity index (χ2v) is 4.29. The van der Waals surface area contributed by atoms with Crippen LogP contribution in [0.4, 0.5) is 5.69 Å². The van der Waals surface area contributed by atoms with E-state index < -0.39 is 0 Å². The second kappa shape index (κ2) is 5.87. The average Bonchev–Trinajstić information content (AvgIpc) is 2.46. The van der Waals surface area contributed by atoms with Gasteiger partial charge in [0.15, 0.2) is 0 Å². The summed E-state index contributed by atoms with van der Waals surface area (Å²) in [7, 11) is 1.41. The summed E-state index contributed by atoms with van der Waals surface area (Å²) in [5.41, 5.74) is 3.00. The minimum Gasteiger partial charge on any atom is -0.465 e. The molecular weight excluding hydrogens is 230 g/mol. The molecule has 98 valence electrons. The number of benzene rings is 1. The summed E-state index contributed by atoms with van der Waals surface area (Å²) in [6.07, 6.45) is 0.900. The van der Waals surface area contributed by atoms with Crippen LogP contribution in [0.5, 0.6) is 0 Å². The molecule has 1 aliphatic rings. The fraction of sp³-hybridized carbons (Fsp3) is 0.500. The van der Waals surface area contributed by atoms with Gasteiger partial charge in [-0.25, -0.2) is 4.79 Å². The van der Waals surface area contributed by atoms with Crippen LogP contribution < -0.4 is 4.90 Å². The van der Waals surface area contributed by atoms with E-state index >= 15 is 0 Å². The van der Waals surface area contributed by atoms with Gasteiger partial charge >= 0.3 is 5.97 Å². The molecule has 0 saturated carbocycles. The normalized spacial score (nSPS) is 15.6. The lowest BCUT2D eigenvalue weighted by molar-refractivity contribution is 0.0600. The van der Waals surface area contributed by atoms with Crippen molar-refractivity contribution in [1.82, 2.24) is 0 Å². The van der Waals surface area contributed by atoms with E-state index in [-0.39, 0.29) is 5.97 Å². The number of morpholine rings is 1. The largest absolute Gasteiger partial charge is 0.465 e. The number of anilines is 1. The number of methoxy groups -OCH3 is 1. The minimum absolute atomic E-state index is 0.279. The van der Waals surface area contributed by atoms with Crippen LogP contribution in [0.15, 0.2) is 18.2 Å². The van der Waals surface area contributed by atoms with E-state index in [1.165, 1.54) is 18.4 Å². The van der Waals surface area contributed by atoms with Gasteiger partial charge in [0.2, 0.25) is 0 Å². The molecule has 0 spiro atoms. The molecule has 0 amide bonds. The smallest absolute Gasteiger partial charge is 0.337 e. The number of carbonyl (C=O) groups is 1. The SMILES string of the molecule is CCc1cc(C(=O)OC)ccc1N1CCOCC1. The number of rotatable bonds is 3. The predicted octanol–water partition coefficient (Wildman–Crippen LogP) is 1.87. The van der Waals surface area contributed by atoms with Crippen molar-refractivity contribution in [1.29, 1.82) is 0 Å². The number of carbonyl (C=O) groups excluding carboxylic acids is 1. The highest BCUT2D eigenvalue weighted by Crippen LogP contribution is 2.24. The molecule has 0 aromatic heterocycles. The van der Waals surface area contributed by atoms with Crippen LogP contribution in [0.3, 0.4) is 0 Å². The van der Waals surface area contributed by atoms with E-state index in [1.807, 2.05) is 18.2 Å². The fourth-order valence-corrected chi connectivity index (χ4v) is 2.23. The molecule has 0 aliphatic carbocycles. The third kappa shape index (κ3) is 2.64. The summed E-state index contributed by atoms with van der Waals surface area (Å²) in [6, 6.07) is 5.77. The van der Waals surface area contributed by atoms with Crippen molar-refractivity contribution in [3.05, 3.63) is 29.3 Å². The predicted molar refractivity (Wildman–Crippen MR) is 70.2 cm³/mol. The minimum atomic E-state index is -0.279. The van der Waals surface area contributed by atoms with Gasteiger partial charge in [0, 0.05) is 18.8 Å².